The van der Waals surface area contributed by atoms with E-state index in [9.17, 15) is 14.4 Å². The molecule has 0 radical (unpaired) electrons. The average Bonchev–Trinajstić information content (AvgIpc) is 3.01. The van der Waals surface area contributed by atoms with E-state index in [1.807, 2.05) is 36.4 Å². The summed E-state index contributed by atoms with van der Waals surface area (Å²) in [6.45, 7) is 3.40. The number of ketones is 1. The number of hydrogen-bond acceptors (Lipinski definition) is 5. The van der Waals surface area contributed by atoms with Gasteiger partial charge in [0.2, 0.25) is 5.91 Å². The Bertz CT molecular complexity index is 891. The summed E-state index contributed by atoms with van der Waals surface area (Å²) in [6, 6.07) is 17.9. The first-order valence-corrected chi connectivity index (χ1v) is 11.0. The minimum absolute atomic E-state index is 0.0260. The van der Waals surface area contributed by atoms with Crippen molar-refractivity contribution in [3.8, 4) is 0 Å². The van der Waals surface area contributed by atoms with Crippen molar-refractivity contribution in [2.45, 2.75) is 37.3 Å². The maximum Gasteiger partial charge on any atom is 0.251 e. The molecule has 1 saturated heterocycles. The Hall–Kier alpha value is -2.64. The summed E-state index contributed by atoms with van der Waals surface area (Å²) in [4.78, 5) is 38.0. The zero-order valence-corrected chi connectivity index (χ0v) is 17.9. The molecule has 0 aliphatic carbocycles. The SMILES string of the molecule is CC1OCC(=O)C1(C)NC(=O)C(CSCc1ccccc1)NC(=O)c1ccccc1. The predicted octanol–water partition coefficient (Wildman–Crippen LogP) is 2.58. The highest BCUT2D eigenvalue weighted by Gasteiger charge is 2.47. The van der Waals surface area contributed by atoms with Gasteiger partial charge < -0.3 is 15.4 Å². The van der Waals surface area contributed by atoms with Crippen LogP contribution < -0.4 is 10.6 Å². The van der Waals surface area contributed by atoms with Crippen molar-refractivity contribution in [3.63, 3.8) is 0 Å². The van der Waals surface area contributed by atoms with E-state index in [0.29, 0.717) is 17.1 Å². The first-order chi connectivity index (χ1) is 14.4. The molecule has 0 aromatic heterocycles. The number of amides is 2. The van der Waals surface area contributed by atoms with E-state index in [2.05, 4.69) is 10.6 Å². The van der Waals surface area contributed by atoms with Crippen LogP contribution in [-0.2, 0) is 20.1 Å². The zero-order valence-electron chi connectivity index (χ0n) is 17.1. The van der Waals surface area contributed by atoms with Crippen LogP contribution in [0.4, 0.5) is 0 Å². The summed E-state index contributed by atoms with van der Waals surface area (Å²) in [5.41, 5.74) is 0.510. The van der Waals surface area contributed by atoms with Crippen molar-refractivity contribution in [3.05, 3.63) is 71.8 Å². The number of benzene rings is 2. The maximum atomic E-state index is 13.1. The van der Waals surface area contributed by atoms with Gasteiger partial charge in [0, 0.05) is 17.1 Å². The summed E-state index contributed by atoms with van der Waals surface area (Å²) in [5, 5.41) is 5.64. The van der Waals surface area contributed by atoms with Gasteiger partial charge in [-0.2, -0.15) is 11.8 Å². The number of nitrogens with one attached hydrogen (secondary N) is 2. The number of carbonyl (C=O) groups is 3. The highest BCUT2D eigenvalue weighted by molar-refractivity contribution is 7.98. The quantitative estimate of drug-likeness (QED) is 0.678. The Kier molecular flexibility index (Phi) is 7.29. The standard InChI is InChI=1S/C23H26N2O4S/c1-16-23(2,20(26)13-29-16)25-22(28)19(15-30-14-17-9-5-3-6-10-17)24-21(27)18-11-7-4-8-12-18/h3-12,16,19H,13-15H2,1-2H3,(H,24,27)(H,25,28). The first-order valence-electron chi connectivity index (χ1n) is 9.84. The third-order valence-electron chi connectivity index (χ3n) is 5.29. The van der Waals surface area contributed by atoms with E-state index in [-0.39, 0.29) is 18.3 Å². The second kappa shape index (κ2) is 9.91. The number of hydrogen-bond donors (Lipinski definition) is 2. The van der Waals surface area contributed by atoms with Gasteiger partial charge in [-0.15, -0.1) is 0 Å². The molecule has 0 saturated carbocycles. The van der Waals surface area contributed by atoms with Crippen LogP contribution in [0.2, 0.25) is 0 Å². The molecule has 3 atom stereocenters. The molecule has 6 nitrogen and oxygen atoms in total. The number of thioether (sulfide) groups is 1. The molecule has 3 unspecified atom stereocenters. The Morgan fingerprint density at radius 3 is 2.37 bits per heavy atom. The minimum Gasteiger partial charge on any atom is -0.368 e. The van der Waals surface area contributed by atoms with Crippen LogP contribution in [0.25, 0.3) is 0 Å². The minimum atomic E-state index is -1.10. The normalized spacial score (nSPS) is 21.8. The van der Waals surface area contributed by atoms with Crippen LogP contribution in [-0.4, -0.2) is 47.6 Å². The average molecular weight is 427 g/mol. The van der Waals surface area contributed by atoms with E-state index >= 15 is 0 Å². The van der Waals surface area contributed by atoms with E-state index in [4.69, 9.17) is 4.74 Å². The van der Waals surface area contributed by atoms with Crippen molar-refractivity contribution in [1.29, 1.82) is 0 Å². The molecule has 2 N–H and O–H groups in total. The molecule has 7 heteroatoms. The highest BCUT2D eigenvalue weighted by Crippen LogP contribution is 2.22. The monoisotopic (exact) mass is 426 g/mol. The fourth-order valence-electron chi connectivity index (χ4n) is 3.14. The van der Waals surface area contributed by atoms with Crippen LogP contribution >= 0.6 is 11.8 Å². The third kappa shape index (κ3) is 5.29. The summed E-state index contributed by atoms with van der Waals surface area (Å²) in [5.74, 6) is 0.185. The summed E-state index contributed by atoms with van der Waals surface area (Å²) >= 11 is 1.55. The van der Waals surface area contributed by atoms with E-state index in [1.165, 1.54) is 0 Å². The maximum absolute atomic E-state index is 13.1. The lowest BCUT2D eigenvalue weighted by Gasteiger charge is -2.29. The summed E-state index contributed by atoms with van der Waals surface area (Å²) in [7, 11) is 0. The molecular weight excluding hydrogens is 400 g/mol. The molecule has 0 bridgehead atoms. The summed E-state index contributed by atoms with van der Waals surface area (Å²) < 4.78 is 5.39. The van der Waals surface area contributed by atoms with Gasteiger partial charge in [0.15, 0.2) is 5.78 Å². The van der Waals surface area contributed by atoms with Gasteiger partial charge in [0.05, 0.1) is 6.10 Å². The molecule has 1 aliphatic heterocycles. The van der Waals surface area contributed by atoms with Gasteiger partial charge in [0.1, 0.15) is 18.2 Å². The third-order valence-corrected chi connectivity index (χ3v) is 6.40. The van der Waals surface area contributed by atoms with Crippen LogP contribution in [0.1, 0.15) is 29.8 Å². The number of ether oxygens (including phenoxy) is 1. The molecule has 1 aliphatic rings. The van der Waals surface area contributed by atoms with E-state index in [1.54, 1.807) is 49.9 Å². The van der Waals surface area contributed by atoms with Crippen LogP contribution in [0.5, 0.6) is 0 Å². The van der Waals surface area contributed by atoms with E-state index in [0.717, 1.165) is 5.56 Å². The Morgan fingerprint density at radius 1 is 1.13 bits per heavy atom. The topological polar surface area (TPSA) is 84.5 Å². The van der Waals surface area contributed by atoms with E-state index < -0.39 is 23.6 Å². The van der Waals surface area contributed by atoms with Crippen molar-refractivity contribution in [1.82, 2.24) is 10.6 Å². The molecule has 1 heterocycles. The Labute approximate surface area is 180 Å². The molecule has 3 rings (SSSR count). The largest absolute Gasteiger partial charge is 0.368 e. The van der Waals surface area contributed by atoms with Crippen molar-refractivity contribution >= 4 is 29.4 Å². The van der Waals surface area contributed by atoms with Gasteiger partial charge in [-0.3, -0.25) is 14.4 Å². The first kappa shape index (κ1) is 22.1. The van der Waals surface area contributed by atoms with Crippen molar-refractivity contribution in [2.24, 2.45) is 0 Å². The van der Waals surface area contributed by atoms with Crippen LogP contribution in [0.15, 0.2) is 60.7 Å². The smallest absolute Gasteiger partial charge is 0.251 e. The van der Waals surface area contributed by atoms with Crippen LogP contribution in [0.3, 0.4) is 0 Å². The number of rotatable bonds is 8. The molecule has 2 aromatic carbocycles. The van der Waals surface area contributed by atoms with Crippen molar-refractivity contribution < 1.29 is 19.1 Å². The van der Waals surface area contributed by atoms with Crippen molar-refractivity contribution in [2.75, 3.05) is 12.4 Å². The van der Waals surface area contributed by atoms with Crippen LogP contribution in [0, 0.1) is 0 Å². The summed E-state index contributed by atoms with van der Waals surface area (Å²) in [6.07, 6.45) is -0.434. The lowest BCUT2D eigenvalue weighted by Crippen LogP contribution is -2.60. The second-order valence-electron chi connectivity index (χ2n) is 7.46. The number of carbonyl (C=O) groups excluding carboxylic acids is 3. The highest BCUT2D eigenvalue weighted by atomic mass is 32.2. The van der Waals surface area contributed by atoms with Gasteiger partial charge in [-0.25, -0.2) is 0 Å². The Balaban J connectivity index is 1.69. The second-order valence-corrected chi connectivity index (χ2v) is 8.49. The molecular formula is C23H26N2O4S. The Morgan fingerprint density at radius 2 is 1.77 bits per heavy atom. The molecule has 158 valence electrons. The lowest BCUT2D eigenvalue weighted by molar-refractivity contribution is -0.130. The van der Waals surface area contributed by atoms with Gasteiger partial charge in [-0.05, 0) is 31.5 Å². The zero-order chi connectivity index (χ0) is 21.6. The lowest BCUT2D eigenvalue weighted by atomic mass is 9.93. The van der Waals surface area contributed by atoms with Gasteiger partial charge in [-0.1, -0.05) is 48.5 Å². The van der Waals surface area contributed by atoms with Gasteiger partial charge in [0.25, 0.3) is 5.91 Å². The molecule has 0 spiro atoms. The molecule has 2 amide bonds. The fraction of sp³-hybridized carbons (Fsp3) is 0.348. The fourth-order valence-corrected chi connectivity index (χ4v) is 4.16. The molecule has 2 aromatic rings. The predicted molar refractivity (Wildman–Crippen MR) is 117 cm³/mol. The van der Waals surface area contributed by atoms with Gasteiger partial charge >= 0.3 is 0 Å². The number of Topliss-reactive ketones (excluding diaryl/α,β-unsaturated/α-hetero) is 1. The molecule has 1 fully saturated rings. The molecule has 30 heavy (non-hydrogen) atoms.